The van der Waals surface area contributed by atoms with Gasteiger partial charge in [0.15, 0.2) is 5.78 Å². The minimum absolute atomic E-state index is 0.147. The number of hydrogen-bond donors (Lipinski definition) is 0. The molecular weight excluding hydrogens is 478 g/mol. The maximum absolute atomic E-state index is 14.0. The van der Waals surface area contributed by atoms with Crippen LogP contribution in [0.15, 0.2) is 30.1 Å². The Bertz CT molecular complexity index is 1220. The number of ketones is 1. The van der Waals surface area contributed by atoms with Crippen LogP contribution in [0.5, 0.6) is 0 Å². The summed E-state index contributed by atoms with van der Waals surface area (Å²) in [6, 6.07) is 4.08. The maximum atomic E-state index is 14.0. The lowest BCUT2D eigenvalue weighted by Crippen LogP contribution is -2.67. The standard InChI is InChI=1S/C36H51NO2/c1-31(2)14-16-36-17-15-34(6)25(28(36)30(31)39-22-36)8-9-27-33(5)21-24(20-23-11-18-37-19-12-23)29(38)32(3,4)26(33)10-13-35(27,34)7/h11-12,18-20,25-28,30H,8-10,13-17,21-22H2,1-7H3/b24-20-/t25-,26+,27-,28+,30-,33+,34-,35-,36-/m1/s1. The highest BCUT2D eigenvalue weighted by atomic mass is 16.5. The SMILES string of the molecule is CC1(C)CC[C@]23CC[C@]4(C)[C@H](CC[C@@H]5[C@@]6(C)C/C(=C/c7ccncc7)C(=O)C(C)(C)[C@@H]6CC[C@]54C)[C@H]2[C@H]1OC3. The smallest absolute Gasteiger partial charge is 0.164 e. The largest absolute Gasteiger partial charge is 0.377 e. The second-order valence-corrected chi connectivity index (χ2v) is 17.0. The van der Waals surface area contributed by atoms with Crippen LogP contribution < -0.4 is 0 Å². The lowest BCUT2D eigenvalue weighted by atomic mass is 9.31. The fourth-order valence-corrected chi connectivity index (χ4v) is 12.6. The van der Waals surface area contributed by atoms with Crippen molar-refractivity contribution in [3.63, 3.8) is 0 Å². The predicted octanol–water partition coefficient (Wildman–Crippen LogP) is 8.53. The Hall–Kier alpha value is -1.48. The molecule has 3 nitrogen and oxygen atoms in total. The van der Waals surface area contributed by atoms with Crippen molar-refractivity contribution in [1.29, 1.82) is 0 Å². The van der Waals surface area contributed by atoms with E-state index >= 15 is 0 Å². The molecule has 2 bridgehead atoms. The number of allylic oxidation sites excluding steroid dienone is 1. The van der Waals surface area contributed by atoms with Crippen molar-refractivity contribution in [3.8, 4) is 0 Å². The third kappa shape index (κ3) is 3.26. The highest BCUT2D eigenvalue weighted by Gasteiger charge is 2.73. The van der Waals surface area contributed by atoms with Gasteiger partial charge in [-0.1, -0.05) is 48.5 Å². The van der Waals surface area contributed by atoms with Crippen LogP contribution in [0.25, 0.3) is 6.08 Å². The van der Waals surface area contributed by atoms with Crippen molar-refractivity contribution >= 4 is 11.9 Å². The summed E-state index contributed by atoms with van der Waals surface area (Å²) in [6.07, 6.45) is 17.8. The summed E-state index contributed by atoms with van der Waals surface area (Å²) in [5.74, 6) is 2.98. The molecule has 1 aliphatic heterocycles. The molecular formula is C36H51NO2. The minimum Gasteiger partial charge on any atom is -0.377 e. The maximum Gasteiger partial charge on any atom is 0.164 e. The Kier molecular flexibility index (Phi) is 5.47. The highest BCUT2D eigenvalue weighted by Crippen LogP contribution is 2.78. The number of aromatic nitrogens is 1. The first-order valence-corrected chi connectivity index (χ1v) is 16.1. The Morgan fingerprint density at radius 1 is 0.846 bits per heavy atom. The molecule has 2 heterocycles. The van der Waals surface area contributed by atoms with E-state index < -0.39 is 0 Å². The van der Waals surface area contributed by atoms with E-state index in [1.54, 1.807) is 0 Å². The summed E-state index contributed by atoms with van der Waals surface area (Å²) in [6.45, 7) is 18.5. The number of hydrogen-bond acceptors (Lipinski definition) is 3. The van der Waals surface area contributed by atoms with Crippen LogP contribution in [0.2, 0.25) is 0 Å². The van der Waals surface area contributed by atoms with Crippen LogP contribution in [-0.4, -0.2) is 23.5 Å². The number of rotatable bonds is 1. The molecule has 1 aromatic rings. The number of carbonyl (C=O) groups excluding carboxylic acids is 1. The molecule has 0 aromatic carbocycles. The van der Waals surface area contributed by atoms with E-state index in [1.807, 2.05) is 24.5 Å². The molecule has 1 aromatic heterocycles. The average molecular weight is 530 g/mol. The molecule has 212 valence electrons. The molecule has 0 radical (unpaired) electrons. The van der Waals surface area contributed by atoms with Crippen LogP contribution in [0.1, 0.15) is 112 Å². The van der Waals surface area contributed by atoms with Crippen molar-refractivity contribution in [3.05, 3.63) is 35.7 Å². The van der Waals surface area contributed by atoms with E-state index in [2.05, 4.69) is 59.5 Å². The first-order chi connectivity index (χ1) is 18.3. The van der Waals surface area contributed by atoms with E-state index in [1.165, 1.54) is 51.4 Å². The van der Waals surface area contributed by atoms with Gasteiger partial charge >= 0.3 is 0 Å². The molecule has 9 atom stereocenters. The number of nitrogens with zero attached hydrogens (tertiary/aromatic N) is 1. The van der Waals surface area contributed by atoms with Crippen molar-refractivity contribution in [2.24, 2.45) is 56.2 Å². The van der Waals surface area contributed by atoms with Crippen LogP contribution in [0, 0.1) is 56.2 Å². The summed E-state index contributed by atoms with van der Waals surface area (Å²) in [5.41, 5.74) is 3.37. The number of fused-ring (bicyclic) bond motifs is 5. The summed E-state index contributed by atoms with van der Waals surface area (Å²) in [7, 11) is 0. The van der Waals surface area contributed by atoms with Crippen LogP contribution in [0.4, 0.5) is 0 Å². The van der Waals surface area contributed by atoms with Crippen molar-refractivity contribution in [2.75, 3.05) is 6.61 Å². The van der Waals surface area contributed by atoms with Gasteiger partial charge in [-0.25, -0.2) is 0 Å². The fraction of sp³-hybridized carbons (Fsp3) is 0.778. The zero-order valence-corrected chi connectivity index (χ0v) is 25.6. The molecule has 5 aliphatic carbocycles. The molecule has 0 N–H and O–H groups in total. The molecule has 1 saturated heterocycles. The van der Waals surface area contributed by atoms with Crippen LogP contribution in [-0.2, 0) is 9.53 Å². The van der Waals surface area contributed by atoms with Gasteiger partial charge in [0.1, 0.15) is 0 Å². The highest BCUT2D eigenvalue weighted by molar-refractivity contribution is 6.04. The normalized spacial score (nSPS) is 50.5. The van der Waals surface area contributed by atoms with E-state index in [9.17, 15) is 4.79 Å². The van der Waals surface area contributed by atoms with Crippen molar-refractivity contribution in [1.82, 2.24) is 4.98 Å². The van der Waals surface area contributed by atoms with Gasteiger partial charge in [0.05, 0.1) is 12.7 Å². The summed E-state index contributed by atoms with van der Waals surface area (Å²) in [4.78, 5) is 18.2. The Labute approximate surface area is 237 Å². The zero-order valence-electron chi connectivity index (χ0n) is 25.6. The van der Waals surface area contributed by atoms with Gasteiger partial charge in [-0.2, -0.15) is 0 Å². The Morgan fingerprint density at radius 2 is 1.56 bits per heavy atom. The molecule has 5 saturated carbocycles. The third-order valence-corrected chi connectivity index (χ3v) is 14.8. The summed E-state index contributed by atoms with van der Waals surface area (Å²) >= 11 is 0. The molecule has 7 rings (SSSR count). The van der Waals surface area contributed by atoms with E-state index in [0.717, 1.165) is 36.0 Å². The zero-order chi connectivity index (χ0) is 27.6. The van der Waals surface area contributed by atoms with Gasteiger partial charge in [-0.3, -0.25) is 9.78 Å². The molecule has 0 unspecified atom stereocenters. The minimum atomic E-state index is -0.318. The van der Waals surface area contributed by atoms with E-state index in [-0.39, 0.29) is 10.8 Å². The summed E-state index contributed by atoms with van der Waals surface area (Å²) in [5, 5.41) is 0. The van der Waals surface area contributed by atoms with Gasteiger partial charge in [0.2, 0.25) is 0 Å². The predicted molar refractivity (Wildman–Crippen MR) is 157 cm³/mol. The van der Waals surface area contributed by atoms with Crippen molar-refractivity contribution < 1.29 is 9.53 Å². The number of carbonyl (C=O) groups is 1. The van der Waals surface area contributed by atoms with Crippen LogP contribution >= 0.6 is 0 Å². The first kappa shape index (κ1) is 26.4. The lowest BCUT2D eigenvalue weighted by Gasteiger charge is -2.73. The van der Waals surface area contributed by atoms with E-state index in [0.29, 0.717) is 45.4 Å². The Balaban J connectivity index is 1.28. The number of pyridine rings is 1. The molecule has 6 fully saturated rings. The fourth-order valence-electron chi connectivity index (χ4n) is 12.6. The molecule has 0 spiro atoms. The number of ether oxygens (including phenoxy) is 1. The van der Waals surface area contributed by atoms with Crippen molar-refractivity contribution in [2.45, 2.75) is 112 Å². The van der Waals surface area contributed by atoms with Gasteiger partial charge in [-0.05, 0) is 138 Å². The molecule has 0 amide bonds. The average Bonchev–Trinajstić information content (AvgIpc) is 3.22. The summed E-state index contributed by atoms with van der Waals surface area (Å²) < 4.78 is 6.76. The van der Waals surface area contributed by atoms with Gasteiger partial charge < -0.3 is 4.74 Å². The second-order valence-electron chi connectivity index (χ2n) is 17.0. The topological polar surface area (TPSA) is 39.2 Å². The Morgan fingerprint density at radius 3 is 2.31 bits per heavy atom. The molecule has 39 heavy (non-hydrogen) atoms. The monoisotopic (exact) mass is 529 g/mol. The lowest BCUT2D eigenvalue weighted by molar-refractivity contribution is -0.236. The third-order valence-electron chi connectivity index (χ3n) is 14.8. The van der Waals surface area contributed by atoms with Crippen LogP contribution in [0.3, 0.4) is 0 Å². The van der Waals surface area contributed by atoms with E-state index in [4.69, 9.17) is 4.74 Å². The second kappa shape index (κ2) is 8.08. The van der Waals surface area contributed by atoms with Gasteiger partial charge in [0, 0.05) is 17.8 Å². The molecule has 3 heteroatoms. The first-order valence-electron chi connectivity index (χ1n) is 16.1. The van der Waals surface area contributed by atoms with Gasteiger partial charge in [-0.15, -0.1) is 0 Å². The quantitative estimate of drug-likeness (QED) is 0.342. The van der Waals surface area contributed by atoms with Gasteiger partial charge in [0.25, 0.3) is 0 Å². The molecule has 6 aliphatic rings. The number of Topliss-reactive ketones (excluding diaryl/α,β-unsaturated/α-hetero) is 1.